The number of nitrogens with two attached hydrogens (primary N) is 1. The molecule has 1 aliphatic carbocycles. The van der Waals surface area contributed by atoms with Gasteiger partial charge < -0.3 is 16.2 Å². The van der Waals surface area contributed by atoms with Gasteiger partial charge in [0.05, 0.1) is 12.1 Å². The van der Waals surface area contributed by atoms with Gasteiger partial charge >= 0.3 is 5.97 Å². The lowest BCUT2D eigenvalue weighted by Crippen LogP contribution is -2.11. The van der Waals surface area contributed by atoms with E-state index in [1.807, 2.05) is 0 Å². The van der Waals surface area contributed by atoms with Gasteiger partial charge in [-0.3, -0.25) is 4.79 Å². The maximum atomic E-state index is 12.9. The fourth-order valence-electron chi connectivity index (χ4n) is 1.21. The summed E-state index contributed by atoms with van der Waals surface area (Å²) < 4.78 is 12.9. The highest BCUT2D eigenvalue weighted by atomic mass is 19.1. The first kappa shape index (κ1) is 11.2. The fraction of sp³-hybridized carbons (Fsp3) is 0.200. The van der Waals surface area contributed by atoms with Gasteiger partial charge in [0.2, 0.25) is 0 Å². The van der Waals surface area contributed by atoms with Crippen LogP contribution in [0.2, 0.25) is 0 Å². The van der Waals surface area contributed by atoms with Crippen molar-refractivity contribution in [2.24, 2.45) is 5.73 Å². The zero-order valence-corrected chi connectivity index (χ0v) is 7.96. The van der Waals surface area contributed by atoms with Crippen molar-refractivity contribution in [1.82, 2.24) is 0 Å². The van der Waals surface area contributed by atoms with E-state index in [0.717, 1.165) is 6.08 Å². The molecule has 0 saturated carbocycles. The first-order chi connectivity index (χ1) is 7.00. The van der Waals surface area contributed by atoms with Crippen LogP contribution in [0.3, 0.4) is 0 Å². The van der Waals surface area contributed by atoms with Gasteiger partial charge in [-0.15, -0.1) is 0 Å². The Kier molecular flexibility index (Phi) is 3.38. The molecule has 0 aliphatic heterocycles. The van der Waals surface area contributed by atoms with E-state index in [1.165, 1.54) is 12.2 Å². The molecule has 0 bridgehead atoms. The van der Waals surface area contributed by atoms with Crippen LogP contribution in [-0.2, 0) is 4.79 Å². The first-order valence-corrected chi connectivity index (χ1v) is 4.32. The number of carbonyl (C=O) groups is 1. The van der Waals surface area contributed by atoms with Gasteiger partial charge in [0, 0.05) is 17.7 Å². The van der Waals surface area contributed by atoms with Crippen LogP contribution in [0.15, 0.2) is 35.3 Å². The number of carboxylic acid groups (broad SMARTS) is 1. The van der Waals surface area contributed by atoms with Crippen molar-refractivity contribution in [2.75, 3.05) is 0 Å². The minimum Gasteiger partial charge on any atom is -0.481 e. The van der Waals surface area contributed by atoms with Crippen LogP contribution in [0.5, 0.6) is 0 Å². The third kappa shape index (κ3) is 3.05. The summed E-state index contributed by atoms with van der Waals surface area (Å²) in [7, 11) is 0. The third-order valence-electron chi connectivity index (χ3n) is 1.88. The highest BCUT2D eigenvalue weighted by Crippen LogP contribution is 2.16. The molecule has 5 heteroatoms. The van der Waals surface area contributed by atoms with Crippen molar-refractivity contribution in [3.05, 3.63) is 35.3 Å². The second-order valence-electron chi connectivity index (χ2n) is 3.12. The van der Waals surface area contributed by atoms with Gasteiger partial charge in [-0.25, -0.2) is 4.39 Å². The second kappa shape index (κ2) is 4.54. The zero-order chi connectivity index (χ0) is 11.4. The number of hydrogen-bond donors (Lipinski definition) is 3. The lowest BCUT2D eigenvalue weighted by molar-refractivity contribution is -0.136. The van der Waals surface area contributed by atoms with Gasteiger partial charge in [0.15, 0.2) is 0 Å². The molecule has 4 N–H and O–H groups in total. The van der Waals surface area contributed by atoms with E-state index >= 15 is 0 Å². The maximum absolute atomic E-state index is 12.9. The van der Waals surface area contributed by atoms with Gasteiger partial charge in [0.25, 0.3) is 0 Å². The maximum Gasteiger partial charge on any atom is 0.309 e. The third-order valence-corrected chi connectivity index (χ3v) is 1.88. The average molecular weight is 210 g/mol. The number of hydrogen-bond acceptors (Lipinski definition) is 3. The van der Waals surface area contributed by atoms with Gasteiger partial charge in [-0.1, -0.05) is 12.2 Å². The predicted molar refractivity (Wildman–Crippen MR) is 54.1 cm³/mol. The molecular weight excluding hydrogens is 199 g/mol. The average Bonchev–Trinajstić information content (AvgIpc) is 2.25. The number of nitrogens with one attached hydrogen (secondary N) is 1. The van der Waals surface area contributed by atoms with E-state index in [-0.39, 0.29) is 29.8 Å². The Hall–Kier alpha value is -1.91. The molecule has 0 amide bonds. The summed E-state index contributed by atoms with van der Waals surface area (Å²) in [5.74, 6) is -1.51. The summed E-state index contributed by atoms with van der Waals surface area (Å²) in [5.41, 5.74) is 5.75. The lowest BCUT2D eigenvalue weighted by atomic mass is 10.1. The van der Waals surface area contributed by atoms with Crippen LogP contribution in [-0.4, -0.2) is 16.8 Å². The molecule has 1 aliphatic rings. The molecule has 0 fully saturated rings. The Morgan fingerprint density at radius 2 is 2.33 bits per heavy atom. The van der Waals surface area contributed by atoms with E-state index in [9.17, 15) is 9.18 Å². The van der Waals surface area contributed by atoms with Crippen molar-refractivity contribution in [3.63, 3.8) is 0 Å². The highest BCUT2D eigenvalue weighted by molar-refractivity contribution is 6.09. The topological polar surface area (TPSA) is 87.2 Å². The molecule has 0 spiro atoms. The summed E-state index contributed by atoms with van der Waals surface area (Å²) in [4.78, 5) is 10.4. The molecule has 0 aromatic heterocycles. The molecule has 0 atom stereocenters. The van der Waals surface area contributed by atoms with Crippen molar-refractivity contribution in [1.29, 1.82) is 5.41 Å². The number of allylic oxidation sites excluding steroid dienone is 5. The van der Waals surface area contributed by atoms with Crippen LogP contribution in [0.1, 0.15) is 12.8 Å². The Morgan fingerprint density at radius 3 is 2.93 bits per heavy atom. The zero-order valence-electron chi connectivity index (χ0n) is 7.96. The molecule has 0 aromatic carbocycles. The highest BCUT2D eigenvalue weighted by Gasteiger charge is 2.11. The molecule has 0 heterocycles. The normalized spacial score (nSPS) is 19.5. The van der Waals surface area contributed by atoms with E-state index in [0.29, 0.717) is 0 Å². The summed E-state index contributed by atoms with van der Waals surface area (Å²) in [6.45, 7) is 0. The number of aliphatic carboxylic acids is 1. The van der Waals surface area contributed by atoms with Crippen molar-refractivity contribution >= 4 is 11.7 Å². The van der Waals surface area contributed by atoms with E-state index in [1.54, 1.807) is 0 Å². The number of halogens is 1. The molecule has 80 valence electrons. The van der Waals surface area contributed by atoms with Crippen LogP contribution in [0, 0.1) is 5.41 Å². The molecule has 0 radical (unpaired) electrons. The smallest absolute Gasteiger partial charge is 0.309 e. The number of rotatable bonds is 2. The molecular formula is C10H11FN2O2. The quantitative estimate of drug-likeness (QED) is 0.645. The van der Waals surface area contributed by atoms with Gasteiger partial charge in [-0.2, -0.15) is 0 Å². The van der Waals surface area contributed by atoms with Crippen LogP contribution in [0.25, 0.3) is 0 Å². The Morgan fingerprint density at radius 1 is 1.67 bits per heavy atom. The first-order valence-electron chi connectivity index (χ1n) is 4.32. The van der Waals surface area contributed by atoms with Crippen LogP contribution in [0.4, 0.5) is 4.39 Å². The standard InChI is InChI=1S/C10H11FN2O2/c11-6-2-1-3-7(8(12)4-6)9(13)5-10(14)15/h1,3-4,12H,2,5,13H2,(H,14,15)/b9-7-,12-8?. The minimum absolute atomic E-state index is 0.0645. The van der Waals surface area contributed by atoms with Crippen molar-refractivity contribution in [3.8, 4) is 0 Å². The molecule has 1 rings (SSSR count). The van der Waals surface area contributed by atoms with Crippen LogP contribution >= 0.6 is 0 Å². The molecule has 4 nitrogen and oxygen atoms in total. The van der Waals surface area contributed by atoms with Crippen LogP contribution < -0.4 is 5.73 Å². The Balaban J connectivity index is 3.03. The largest absolute Gasteiger partial charge is 0.481 e. The number of carboxylic acids is 1. The van der Waals surface area contributed by atoms with Gasteiger partial charge in [0.1, 0.15) is 5.83 Å². The van der Waals surface area contributed by atoms with Gasteiger partial charge in [-0.05, 0) is 6.08 Å². The van der Waals surface area contributed by atoms with E-state index < -0.39 is 11.8 Å². The molecule has 0 unspecified atom stereocenters. The summed E-state index contributed by atoms with van der Waals surface area (Å²) in [5, 5.41) is 16.0. The monoisotopic (exact) mass is 210 g/mol. The predicted octanol–water partition coefficient (Wildman–Crippen LogP) is 1.51. The fourth-order valence-corrected chi connectivity index (χ4v) is 1.21. The van der Waals surface area contributed by atoms with Crippen molar-refractivity contribution in [2.45, 2.75) is 12.8 Å². The summed E-state index contributed by atoms with van der Waals surface area (Å²) >= 11 is 0. The van der Waals surface area contributed by atoms with E-state index in [2.05, 4.69) is 0 Å². The SMILES string of the molecule is N=C1C=C(F)CC=C/C1=C(/N)CC(=O)O. The van der Waals surface area contributed by atoms with E-state index in [4.69, 9.17) is 16.2 Å². The Bertz CT molecular complexity index is 394. The lowest BCUT2D eigenvalue weighted by Gasteiger charge is -2.04. The minimum atomic E-state index is -1.07. The summed E-state index contributed by atoms with van der Waals surface area (Å²) in [6.07, 6.45) is 3.79. The molecule has 0 aromatic rings. The second-order valence-corrected chi connectivity index (χ2v) is 3.12. The Labute approximate surface area is 86.1 Å². The molecule has 0 saturated heterocycles. The summed E-state index contributed by atoms with van der Waals surface area (Å²) in [6, 6.07) is 0. The molecule has 15 heavy (non-hydrogen) atoms. The van der Waals surface area contributed by atoms with Crippen molar-refractivity contribution < 1.29 is 14.3 Å².